The summed E-state index contributed by atoms with van der Waals surface area (Å²) in [5.74, 6) is 1.17. The fourth-order valence-electron chi connectivity index (χ4n) is 2.41. The van der Waals surface area contributed by atoms with Crippen LogP contribution in [0.25, 0.3) is 0 Å². The molecular weight excluding hydrogens is 365 g/mol. The maximum atomic E-state index is 9.43. The smallest absolute Gasteiger partial charge is 0.191 e. The molecule has 0 radical (unpaired) electrons. The average Bonchev–Trinajstić information content (AvgIpc) is 2.89. The molecular formula is C15H24IN3O. The van der Waals surface area contributed by atoms with E-state index in [4.69, 9.17) is 0 Å². The number of halogens is 1. The number of nitrogens with zero attached hydrogens (tertiary/aromatic N) is 1. The van der Waals surface area contributed by atoms with Crippen molar-refractivity contribution in [2.24, 2.45) is 4.99 Å². The van der Waals surface area contributed by atoms with Crippen LogP contribution < -0.4 is 10.6 Å². The summed E-state index contributed by atoms with van der Waals surface area (Å²) in [5.41, 5.74) is 1.02. The summed E-state index contributed by atoms with van der Waals surface area (Å²) in [6.07, 6.45) is 5.08. The monoisotopic (exact) mass is 389 g/mol. The molecule has 1 fully saturated rings. The van der Waals surface area contributed by atoms with Crippen LogP contribution in [-0.2, 0) is 6.54 Å². The maximum absolute atomic E-state index is 9.43. The topological polar surface area (TPSA) is 56.7 Å². The number of phenols is 1. The molecule has 3 N–H and O–H groups in total. The summed E-state index contributed by atoms with van der Waals surface area (Å²) < 4.78 is 0. The molecule has 4 nitrogen and oxygen atoms in total. The van der Waals surface area contributed by atoms with Gasteiger partial charge in [0.05, 0.1) is 6.54 Å². The molecule has 112 valence electrons. The van der Waals surface area contributed by atoms with Crippen molar-refractivity contribution >= 4 is 29.9 Å². The first kappa shape index (κ1) is 17.1. The van der Waals surface area contributed by atoms with E-state index in [1.54, 1.807) is 12.1 Å². The van der Waals surface area contributed by atoms with E-state index in [-0.39, 0.29) is 24.0 Å². The minimum absolute atomic E-state index is 0. The molecule has 0 heterocycles. The van der Waals surface area contributed by atoms with E-state index in [2.05, 4.69) is 22.5 Å². The lowest BCUT2D eigenvalue weighted by atomic mass is 10.2. The van der Waals surface area contributed by atoms with Crippen molar-refractivity contribution in [3.05, 3.63) is 29.8 Å². The Kier molecular flexibility index (Phi) is 7.72. The zero-order chi connectivity index (χ0) is 13.5. The Morgan fingerprint density at radius 1 is 1.35 bits per heavy atom. The number of hydrogen-bond acceptors (Lipinski definition) is 2. The van der Waals surface area contributed by atoms with Gasteiger partial charge in [-0.05, 0) is 37.5 Å². The molecule has 1 aliphatic carbocycles. The number of guanidine groups is 1. The van der Waals surface area contributed by atoms with Crippen LogP contribution in [0.5, 0.6) is 5.75 Å². The van der Waals surface area contributed by atoms with Crippen LogP contribution in [0.4, 0.5) is 0 Å². The number of nitrogens with one attached hydrogen (secondary N) is 2. The maximum Gasteiger partial charge on any atom is 0.191 e. The highest BCUT2D eigenvalue weighted by atomic mass is 127. The van der Waals surface area contributed by atoms with E-state index in [1.807, 2.05) is 12.1 Å². The molecule has 1 aromatic rings. The van der Waals surface area contributed by atoms with Gasteiger partial charge in [-0.2, -0.15) is 0 Å². The van der Waals surface area contributed by atoms with Crippen molar-refractivity contribution in [2.45, 2.75) is 45.2 Å². The Bertz CT molecular complexity index is 431. The summed E-state index contributed by atoms with van der Waals surface area (Å²) in [6, 6.07) is 7.81. The van der Waals surface area contributed by atoms with Crippen molar-refractivity contribution in [3.63, 3.8) is 0 Å². The van der Waals surface area contributed by atoms with E-state index in [1.165, 1.54) is 25.7 Å². The van der Waals surface area contributed by atoms with E-state index in [0.717, 1.165) is 18.1 Å². The molecule has 1 saturated carbocycles. The normalized spacial score (nSPS) is 15.8. The van der Waals surface area contributed by atoms with Gasteiger partial charge in [-0.25, -0.2) is 4.99 Å². The van der Waals surface area contributed by atoms with Crippen LogP contribution in [0.1, 0.15) is 38.2 Å². The molecule has 0 spiro atoms. The van der Waals surface area contributed by atoms with Crippen LogP contribution in [0, 0.1) is 0 Å². The van der Waals surface area contributed by atoms with Crippen molar-refractivity contribution < 1.29 is 5.11 Å². The molecule has 0 aromatic heterocycles. The van der Waals surface area contributed by atoms with Gasteiger partial charge in [0.15, 0.2) is 5.96 Å². The second-order valence-corrected chi connectivity index (χ2v) is 4.99. The Balaban J connectivity index is 0.00000200. The second-order valence-electron chi connectivity index (χ2n) is 4.99. The molecule has 0 atom stereocenters. The number of hydrogen-bond donors (Lipinski definition) is 3. The SMILES string of the molecule is CCNC(=NCc1cccc(O)c1)NC1CCCC1.I. The third-order valence-corrected chi connectivity index (χ3v) is 3.37. The van der Waals surface area contributed by atoms with Crippen LogP contribution >= 0.6 is 24.0 Å². The zero-order valence-electron chi connectivity index (χ0n) is 11.9. The summed E-state index contributed by atoms with van der Waals surface area (Å²) in [4.78, 5) is 4.57. The largest absolute Gasteiger partial charge is 0.508 e. The van der Waals surface area contributed by atoms with Gasteiger partial charge in [-0.1, -0.05) is 25.0 Å². The quantitative estimate of drug-likeness (QED) is 0.422. The lowest BCUT2D eigenvalue weighted by Gasteiger charge is -2.16. The third kappa shape index (κ3) is 5.56. The molecule has 0 unspecified atom stereocenters. The predicted molar refractivity (Wildman–Crippen MR) is 93.7 cm³/mol. The van der Waals surface area contributed by atoms with Crippen molar-refractivity contribution in [2.75, 3.05) is 6.54 Å². The highest BCUT2D eigenvalue weighted by Gasteiger charge is 2.15. The summed E-state index contributed by atoms with van der Waals surface area (Å²) in [7, 11) is 0. The molecule has 1 aromatic carbocycles. The molecule has 0 saturated heterocycles. The highest BCUT2D eigenvalue weighted by molar-refractivity contribution is 14.0. The van der Waals surface area contributed by atoms with Crippen LogP contribution in [0.2, 0.25) is 0 Å². The molecule has 0 bridgehead atoms. The Morgan fingerprint density at radius 2 is 2.10 bits per heavy atom. The standard InChI is InChI=1S/C15H23N3O.HI/c1-2-16-15(18-13-7-3-4-8-13)17-11-12-6-5-9-14(19)10-12;/h5-6,9-10,13,19H,2-4,7-8,11H2,1H3,(H2,16,17,18);1H. The highest BCUT2D eigenvalue weighted by Crippen LogP contribution is 2.17. The van der Waals surface area contributed by atoms with E-state index < -0.39 is 0 Å². The third-order valence-electron chi connectivity index (χ3n) is 3.37. The first-order chi connectivity index (χ1) is 9.28. The first-order valence-corrected chi connectivity index (χ1v) is 7.10. The van der Waals surface area contributed by atoms with Gasteiger partial charge >= 0.3 is 0 Å². The average molecular weight is 389 g/mol. The number of benzene rings is 1. The number of aliphatic imine (C=N–C) groups is 1. The van der Waals surface area contributed by atoms with Gasteiger partial charge in [0.25, 0.3) is 0 Å². The van der Waals surface area contributed by atoms with Gasteiger partial charge in [0.1, 0.15) is 5.75 Å². The molecule has 2 rings (SSSR count). The Morgan fingerprint density at radius 3 is 2.75 bits per heavy atom. The van der Waals surface area contributed by atoms with Crippen LogP contribution in [0.15, 0.2) is 29.3 Å². The van der Waals surface area contributed by atoms with Crippen molar-refractivity contribution in [1.29, 1.82) is 0 Å². The second kappa shape index (κ2) is 9.05. The van der Waals surface area contributed by atoms with E-state index in [9.17, 15) is 5.11 Å². The number of aromatic hydroxyl groups is 1. The fraction of sp³-hybridized carbons (Fsp3) is 0.533. The van der Waals surface area contributed by atoms with Gasteiger partial charge in [0, 0.05) is 12.6 Å². The number of rotatable bonds is 4. The van der Waals surface area contributed by atoms with Crippen LogP contribution in [-0.4, -0.2) is 23.7 Å². The Labute approximate surface area is 138 Å². The summed E-state index contributed by atoms with van der Waals surface area (Å²) in [6.45, 7) is 3.51. The predicted octanol–water partition coefficient (Wildman–Crippen LogP) is 3.01. The number of phenolic OH excluding ortho intramolecular Hbond substituents is 1. The molecule has 5 heteroatoms. The van der Waals surface area contributed by atoms with Crippen LogP contribution in [0.3, 0.4) is 0 Å². The minimum atomic E-state index is 0. The molecule has 0 aliphatic heterocycles. The summed E-state index contributed by atoms with van der Waals surface area (Å²) >= 11 is 0. The van der Waals surface area contributed by atoms with Gasteiger partial charge < -0.3 is 15.7 Å². The lowest BCUT2D eigenvalue weighted by Crippen LogP contribution is -2.42. The fourth-order valence-corrected chi connectivity index (χ4v) is 2.41. The lowest BCUT2D eigenvalue weighted by molar-refractivity contribution is 0.474. The zero-order valence-corrected chi connectivity index (χ0v) is 14.3. The van der Waals surface area contributed by atoms with Gasteiger partial charge in [0.2, 0.25) is 0 Å². The van der Waals surface area contributed by atoms with E-state index >= 15 is 0 Å². The van der Waals surface area contributed by atoms with Crippen molar-refractivity contribution in [3.8, 4) is 5.75 Å². The van der Waals surface area contributed by atoms with Crippen molar-refractivity contribution in [1.82, 2.24) is 10.6 Å². The Hall–Kier alpha value is -0.980. The minimum Gasteiger partial charge on any atom is -0.508 e. The molecule has 20 heavy (non-hydrogen) atoms. The van der Waals surface area contributed by atoms with Gasteiger partial charge in [-0.3, -0.25) is 0 Å². The van der Waals surface area contributed by atoms with Gasteiger partial charge in [-0.15, -0.1) is 24.0 Å². The molecule has 1 aliphatic rings. The molecule has 0 amide bonds. The first-order valence-electron chi connectivity index (χ1n) is 7.10. The van der Waals surface area contributed by atoms with E-state index in [0.29, 0.717) is 18.3 Å². The summed E-state index contributed by atoms with van der Waals surface area (Å²) in [5, 5.41) is 16.2.